The summed E-state index contributed by atoms with van der Waals surface area (Å²) in [5.41, 5.74) is 2.69. The van der Waals surface area contributed by atoms with E-state index in [2.05, 4.69) is 23.2 Å². The normalized spacial score (nSPS) is 14.8. The van der Waals surface area contributed by atoms with Gasteiger partial charge in [-0.15, -0.1) is 0 Å². The third-order valence-electron chi connectivity index (χ3n) is 5.32. The molecule has 0 atom stereocenters. The topological polar surface area (TPSA) is 55.2 Å². The van der Waals surface area contributed by atoms with Gasteiger partial charge in [0, 0.05) is 11.6 Å². The van der Waals surface area contributed by atoms with Gasteiger partial charge >= 0.3 is 0 Å². The highest BCUT2D eigenvalue weighted by Crippen LogP contribution is 2.27. The second kappa shape index (κ2) is 9.98. The molecule has 0 bridgehead atoms. The Kier molecular flexibility index (Phi) is 7.14. The molecule has 0 radical (unpaired) electrons. The average molecular weight is 397 g/mol. The van der Waals surface area contributed by atoms with Crippen molar-refractivity contribution in [3.8, 4) is 11.5 Å². The SMILES string of the molecule is CC[NH+]1CCN(c2ccccc2NC(=O)/C=C/c2cc(OC)ccc2OC)CC1. The Morgan fingerprint density at radius 2 is 1.90 bits per heavy atom. The Balaban J connectivity index is 1.71. The van der Waals surface area contributed by atoms with Crippen LogP contribution in [0.15, 0.2) is 48.5 Å². The number of ether oxygens (including phenoxy) is 2. The molecule has 154 valence electrons. The predicted molar refractivity (Wildman–Crippen MR) is 117 cm³/mol. The number of nitrogens with zero attached hydrogens (tertiary/aromatic N) is 1. The van der Waals surface area contributed by atoms with Crippen molar-refractivity contribution >= 4 is 23.4 Å². The van der Waals surface area contributed by atoms with Gasteiger partial charge in [-0.3, -0.25) is 4.79 Å². The lowest BCUT2D eigenvalue weighted by molar-refractivity contribution is -0.898. The van der Waals surface area contributed by atoms with E-state index in [1.165, 1.54) is 6.08 Å². The second-order valence-electron chi connectivity index (χ2n) is 7.04. The van der Waals surface area contributed by atoms with E-state index in [9.17, 15) is 4.79 Å². The molecule has 2 aromatic carbocycles. The molecule has 1 aliphatic rings. The number of hydrogen-bond acceptors (Lipinski definition) is 4. The van der Waals surface area contributed by atoms with Crippen LogP contribution in [-0.2, 0) is 4.79 Å². The van der Waals surface area contributed by atoms with E-state index >= 15 is 0 Å². The third-order valence-corrected chi connectivity index (χ3v) is 5.32. The zero-order valence-corrected chi connectivity index (χ0v) is 17.4. The maximum absolute atomic E-state index is 12.6. The van der Waals surface area contributed by atoms with Crippen LogP contribution in [0.2, 0.25) is 0 Å². The van der Waals surface area contributed by atoms with Gasteiger partial charge in [-0.25, -0.2) is 0 Å². The predicted octanol–water partition coefficient (Wildman–Crippen LogP) is 2.08. The van der Waals surface area contributed by atoms with Crippen LogP contribution in [0, 0.1) is 0 Å². The van der Waals surface area contributed by atoms with Crippen LogP contribution < -0.4 is 24.6 Å². The fraction of sp³-hybridized carbons (Fsp3) is 0.348. The molecule has 0 spiro atoms. The van der Waals surface area contributed by atoms with Crippen LogP contribution in [0.3, 0.4) is 0 Å². The number of amides is 1. The monoisotopic (exact) mass is 396 g/mol. The Hall–Kier alpha value is -2.99. The van der Waals surface area contributed by atoms with Gasteiger partial charge in [0.15, 0.2) is 0 Å². The smallest absolute Gasteiger partial charge is 0.248 e. The van der Waals surface area contributed by atoms with Crippen molar-refractivity contribution in [2.75, 3.05) is 57.2 Å². The summed E-state index contributed by atoms with van der Waals surface area (Å²) >= 11 is 0. The minimum absolute atomic E-state index is 0.180. The van der Waals surface area contributed by atoms with Gasteiger partial charge in [-0.1, -0.05) is 12.1 Å². The van der Waals surface area contributed by atoms with Gasteiger partial charge in [-0.05, 0) is 43.3 Å². The first-order chi connectivity index (χ1) is 14.1. The first kappa shape index (κ1) is 20.7. The van der Waals surface area contributed by atoms with E-state index in [1.807, 2.05) is 36.4 Å². The molecule has 1 aliphatic heterocycles. The minimum Gasteiger partial charge on any atom is -0.497 e. The quantitative estimate of drug-likeness (QED) is 0.704. The second-order valence-corrected chi connectivity index (χ2v) is 7.04. The zero-order valence-electron chi connectivity index (χ0n) is 17.4. The Bertz CT molecular complexity index is 858. The molecule has 1 heterocycles. The van der Waals surface area contributed by atoms with Gasteiger partial charge in [-0.2, -0.15) is 0 Å². The highest BCUT2D eigenvalue weighted by molar-refractivity contribution is 6.04. The summed E-state index contributed by atoms with van der Waals surface area (Å²) in [4.78, 5) is 16.6. The highest BCUT2D eigenvalue weighted by atomic mass is 16.5. The molecular weight excluding hydrogens is 366 g/mol. The van der Waals surface area contributed by atoms with Gasteiger partial charge in [0.05, 0.1) is 58.3 Å². The van der Waals surface area contributed by atoms with Crippen LogP contribution >= 0.6 is 0 Å². The van der Waals surface area contributed by atoms with E-state index in [1.54, 1.807) is 25.2 Å². The molecule has 6 nitrogen and oxygen atoms in total. The number of carbonyl (C=O) groups excluding carboxylic acids is 1. The fourth-order valence-corrected chi connectivity index (χ4v) is 3.58. The summed E-state index contributed by atoms with van der Waals surface area (Å²) in [6.45, 7) is 7.61. The molecule has 0 aliphatic carbocycles. The van der Waals surface area contributed by atoms with Crippen molar-refractivity contribution in [1.29, 1.82) is 0 Å². The minimum atomic E-state index is -0.180. The van der Waals surface area contributed by atoms with Crippen molar-refractivity contribution in [3.63, 3.8) is 0 Å². The van der Waals surface area contributed by atoms with Crippen molar-refractivity contribution in [1.82, 2.24) is 0 Å². The molecular formula is C23H30N3O3+. The first-order valence-corrected chi connectivity index (χ1v) is 10.0. The maximum Gasteiger partial charge on any atom is 0.248 e. The van der Waals surface area contributed by atoms with E-state index in [-0.39, 0.29) is 5.91 Å². The molecule has 2 N–H and O–H groups in total. The number of quaternary nitrogens is 1. The number of methoxy groups -OCH3 is 2. The molecule has 0 aromatic heterocycles. The van der Waals surface area contributed by atoms with Crippen LogP contribution in [0.25, 0.3) is 6.08 Å². The largest absolute Gasteiger partial charge is 0.497 e. The standard InChI is InChI=1S/C23H29N3O3/c1-4-25-13-15-26(16-14-25)21-8-6-5-7-20(21)24-23(27)12-9-18-17-19(28-2)10-11-22(18)29-3/h5-12,17H,4,13-16H2,1-3H3,(H,24,27)/p+1/b12-9+. The number of likely N-dealkylation sites (N-methyl/N-ethyl adjacent to an activating group) is 1. The third kappa shape index (κ3) is 5.29. The number of rotatable bonds is 7. The van der Waals surface area contributed by atoms with Crippen molar-refractivity contribution < 1.29 is 19.2 Å². The van der Waals surface area contributed by atoms with Gasteiger partial charge in [0.1, 0.15) is 11.5 Å². The van der Waals surface area contributed by atoms with E-state index in [4.69, 9.17) is 9.47 Å². The highest BCUT2D eigenvalue weighted by Gasteiger charge is 2.20. The Morgan fingerprint density at radius 1 is 1.14 bits per heavy atom. The lowest BCUT2D eigenvalue weighted by atomic mass is 10.1. The van der Waals surface area contributed by atoms with Gasteiger partial charge in [0.2, 0.25) is 5.91 Å². The lowest BCUT2D eigenvalue weighted by Gasteiger charge is -2.34. The van der Waals surface area contributed by atoms with E-state index in [0.29, 0.717) is 11.5 Å². The van der Waals surface area contributed by atoms with Gasteiger partial charge < -0.3 is 24.6 Å². The molecule has 6 heteroatoms. The summed E-state index contributed by atoms with van der Waals surface area (Å²) in [5.74, 6) is 1.22. The van der Waals surface area contributed by atoms with Crippen LogP contribution in [-0.4, -0.2) is 52.9 Å². The molecule has 0 saturated carbocycles. The molecule has 29 heavy (non-hydrogen) atoms. The number of para-hydroxylation sites is 2. The number of hydrogen-bond donors (Lipinski definition) is 2. The maximum atomic E-state index is 12.6. The zero-order chi connectivity index (χ0) is 20.6. The molecule has 0 unspecified atom stereocenters. The number of nitrogens with one attached hydrogen (secondary N) is 2. The average Bonchev–Trinajstić information content (AvgIpc) is 2.78. The number of anilines is 2. The van der Waals surface area contributed by atoms with Crippen molar-refractivity contribution in [3.05, 3.63) is 54.1 Å². The van der Waals surface area contributed by atoms with E-state index < -0.39 is 0 Å². The summed E-state index contributed by atoms with van der Waals surface area (Å²) in [7, 11) is 3.22. The van der Waals surface area contributed by atoms with E-state index in [0.717, 1.165) is 49.7 Å². The number of benzene rings is 2. The van der Waals surface area contributed by atoms with Crippen molar-refractivity contribution in [2.24, 2.45) is 0 Å². The van der Waals surface area contributed by atoms with Gasteiger partial charge in [0.25, 0.3) is 0 Å². The summed E-state index contributed by atoms with van der Waals surface area (Å²) in [5, 5.41) is 3.02. The number of piperazine rings is 1. The number of carbonyl (C=O) groups is 1. The van der Waals surface area contributed by atoms with Crippen molar-refractivity contribution in [2.45, 2.75) is 6.92 Å². The molecule has 1 saturated heterocycles. The lowest BCUT2D eigenvalue weighted by Crippen LogP contribution is -3.14. The van der Waals surface area contributed by atoms with Crippen LogP contribution in [0.4, 0.5) is 11.4 Å². The Labute approximate surface area is 172 Å². The van der Waals surface area contributed by atoms with Crippen LogP contribution in [0.5, 0.6) is 11.5 Å². The Morgan fingerprint density at radius 3 is 2.59 bits per heavy atom. The fourth-order valence-electron chi connectivity index (χ4n) is 3.58. The molecule has 1 amide bonds. The summed E-state index contributed by atoms with van der Waals surface area (Å²) < 4.78 is 10.6. The first-order valence-electron chi connectivity index (χ1n) is 10.0. The summed E-state index contributed by atoms with van der Waals surface area (Å²) in [6, 6.07) is 13.5. The van der Waals surface area contributed by atoms with Crippen LogP contribution in [0.1, 0.15) is 12.5 Å². The molecule has 3 rings (SSSR count). The summed E-state index contributed by atoms with van der Waals surface area (Å²) in [6.07, 6.45) is 3.26. The molecule has 1 fully saturated rings. The molecule has 2 aromatic rings.